The van der Waals surface area contributed by atoms with Crippen molar-refractivity contribution < 1.29 is 39.5 Å². The summed E-state index contributed by atoms with van der Waals surface area (Å²) in [6.07, 6.45) is 39.8. The molecule has 9 heteroatoms. The van der Waals surface area contributed by atoms with E-state index < -0.39 is 62.5 Å². The summed E-state index contributed by atoms with van der Waals surface area (Å²) in [6, 6.07) is 4.29. The molecule has 0 aliphatic carbocycles. The van der Waals surface area contributed by atoms with E-state index in [9.17, 15) is 30.2 Å². The average molecular weight is 1110 g/mol. The fraction of sp³-hybridized carbons (Fsp3) is 0.912. The van der Waals surface area contributed by atoms with Crippen LogP contribution in [0.1, 0.15) is 356 Å². The summed E-state index contributed by atoms with van der Waals surface area (Å²) in [5.41, 5.74) is -1.12. The van der Waals surface area contributed by atoms with Crippen LogP contribution in [0.25, 0.3) is 0 Å². The molecule has 8 nitrogen and oxygen atoms in total. The molecule has 6 N–H and O–H groups in total. The van der Waals surface area contributed by atoms with Crippen molar-refractivity contribution in [3.63, 3.8) is 0 Å². The zero-order valence-electron chi connectivity index (χ0n) is 53.2. The van der Waals surface area contributed by atoms with Crippen molar-refractivity contribution in [2.24, 2.45) is 10.8 Å². The number of aliphatic hydroxyl groups is 4. The molecule has 1 rings (SSSR count). The maximum atomic E-state index is 14.0. The summed E-state index contributed by atoms with van der Waals surface area (Å²) in [5.74, 6) is 0. The van der Waals surface area contributed by atoms with Gasteiger partial charge in [0, 0.05) is 12.0 Å². The van der Waals surface area contributed by atoms with Gasteiger partial charge in [0.15, 0.2) is 0 Å². The van der Waals surface area contributed by atoms with E-state index in [-0.39, 0.29) is 10.8 Å². The van der Waals surface area contributed by atoms with E-state index in [0.29, 0.717) is 38.7 Å². The molecular weight excluding hydrogens is 976 g/mol. The molecule has 0 saturated heterocycles. The number of hydrogen-bond acceptors (Lipinski definition) is 8. The predicted octanol–water partition coefficient (Wildman–Crippen LogP) is 19.4. The summed E-state index contributed by atoms with van der Waals surface area (Å²) >= 11 is 0. The SMILES string of the molecule is CCCCCCCCCCCCCCCCCCOC(CCCCCCCCCCCCCCCCCC)(C(O)C(CC)(CCCC)C(OP(O)O)c1ccc(C(C)(C)C)c(C(C)(C)C)c1C(C)(C)C)C(CO)(CO)CO. The third-order valence-corrected chi connectivity index (χ3v) is 18.2. The number of hydrogen-bond donors (Lipinski definition) is 6. The molecule has 0 aromatic heterocycles. The highest BCUT2D eigenvalue weighted by molar-refractivity contribution is 7.39. The molecule has 1 aromatic rings. The number of unbranched alkanes of at least 4 members (excludes halogenated alkanes) is 31. The maximum Gasteiger partial charge on any atom is 0.327 e. The smallest absolute Gasteiger partial charge is 0.327 e. The maximum absolute atomic E-state index is 14.0. The van der Waals surface area contributed by atoms with Crippen LogP contribution in [0.2, 0.25) is 0 Å². The van der Waals surface area contributed by atoms with Crippen molar-refractivity contribution in [1.82, 2.24) is 0 Å². The molecule has 0 spiro atoms. The van der Waals surface area contributed by atoms with Crippen LogP contribution in [0.3, 0.4) is 0 Å². The van der Waals surface area contributed by atoms with Gasteiger partial charge in [-0.25, -0.2) is 0 Å². The first-order chi connectivity index (χ1) is 36.6. The minimum atomic E-state index is -2.92. The summed E-state index contributed by atoms with van der Waals surface area (Å²) in [5, 5.41) is 48.9. The molecule has 456 valence electrons. The molecule has 0 fully saturated rings. The van der Waals surface area contributed by atoms with Crippen molar-refractivity contribution in [3.8, 4) is 0 Å². The van der Waals surface area contributed by atoms with E-state index >= 15 is 0 Å². The van der Waals surface area contributed by atoms with Gasteiger partial charge in [0.2, 0.25) is 0 Å². The summed E-state index contributed by atoms with van der Waals surface area (Å²) in [6.45, 7) is 27.3. The fourth-order valence-corrected chi connectivity index (χ4v) is 13.5. The second-order valence-corrected chi connectivity index (χ2v) is 28.1. The summed E-state index contributed by atoms with van der Waals surface area (Å²) < 4.78 is 13.9. The van der Waals surface area contributed by atoms with Crippen LogP contribution in [0.4, 0.5) is 0 Å². The molecule has 77 heavy (non-hydrogen) atoms. The lowest BCUT2D eigenvalue weighted by Crippen LogP contribution is -2.68. The number of ether oxygens (including phenoxy) is 1. The molecular formula is C68H131O8P. The van der Waals surface area contributed by atoms with E-state index in [1.165, 1.54) is 172 Å². The Morgan fingerprint density at radius 3 is 1.09 bits per heavy atom. The Morgan fingerprint density at radius 1 is 0.429 bits per heavy atom. The van der Waals surface area contributed by atoms with Crippen LogP contribution in [-0.2, 0) is 25.5 Å². The molecule has 0 radical (unpaired) electrons. The van der Waals surface area contributed by atoms with Gasteiger partial charge < -0.3 is 39.5 Å². The Balaban J connectivity index is 3.73. The highest BCUT2D eigenvalue weighted by Gasteiger charge is 2.63. The third-order valence-electron chi connectivity index (χ3n) is 17.8. The van der Waals surface area contributed by atoms with Gasteiger partial charge in [0.25, 0.3) is 0 Å². The molecule has 4 unspecified atom stereocenters. The van der Waals surface area contributed by atoms with E-state index in [4.69, 9.17) is 9.26 Å². The monoisotopic (exact) mass is 1110 g/mol. The second kappa shape index (κ2) is 40.5. The first-order valence-corrected chi connectivity index (χ1v) is 33.9. The van der Waals surface area contributed by atoms with E-state index in [2.05, 4.69) is 95.2 Å². The molecule has 0 aliphatic rings. The van der Waals surface area contributed by atoms with Gasteiger partial charge in [0.05, 0.1) is 31.3 Å². The Bertz CT molecular complexity index is 1570. The van der Waals surface area contributed by atoms with Crippen molar-refractivity contribution in [2.75, 3.05) is 26.4 Å². The van der Waals surface area contributed by atoms with Gasteiger partial charge in [-0.15, -0.1) is 0 Å². The quantitative estimate of drug-likeness (QED) is 0.0280. The second-order valence-electron chi connectivity index (χ2n) is 27.4. The Hall–Kier alpha value is -0.670. The molecule has 0 aliphatic heterocycles. The average Bonchev–Trinajstić information content (AvgIpc) is 3.38. The normalized spacial score (nSPS) is 15.3. The van der Waals surface area contributed by atoms with E-state index in [0.717, 1.165) is 56.1 Å². The highest BCUT2D eigenvalue weighted by Crippen LogP contribution is 2.59. The standard InChI is InChI=1S/C68H131O8P/c1-14-18-21-23-25-27-29-31-33-35-37-39-41-43-45-47-52-68(66(54-69,55-70)56-71,75-53-48-46-44-42-40-38-36-34-32-30-28-26-24-22-19-15-2)62(72)67(17-4,51-20-16-3)61(76-77(73)74)57-49-50-58(63(5,6)7)60(65(11,12)13)59(57)64(8,9)10/h49-50,61-62,69-74H,14-48,51-56H2,1-13H3. The Labute approximate surface area is 479 Å². The van der Waals surface area contributed by atoms with Gasteiger partial charge >= 0.3 is 8.60 Å². The highest BCUT2D eigenvalue weighted by atomic mass is 31.2. The van der Waals surface area contributed by atoms with Crippen LogP contribution in [0, 0.1) is 10.8 Å². The van der Waals surface area contributed by atoms with Crippen molar-refractivity contribution in [2.45, 2.75) is 362 Å². The molecule has 1 aromatic carbocycles. The van der Waals surface area contributed by atoms with Crippen LogP contribution >= 0.6 is 8.60 Å². The lowest BCUT2D eigenvalue weighted by molar-refractivity contribution is -0.270. The van der Waals surface area contributed by atoms with Crippen molar-refractivity contribution in [1.29, 1.82) is 0 Å². The zero-order chi connectivity index (χ0) is 57.9. The van der Waals surface area contributed by atoms with E-state index in [1.54, 1.807) is 0 Å². The molecule has 0 heterocycles. The van der Waals surface area contributed by atoms with Gasteiger partial charge in [0.1, 0.15) is 11.7 Å². The summed E-state index contributed by atoms with van der Waals surface area (Å²) in [7, 11) is -2.92. The first-order valence-electron chi connectivity index (χ1n) is 32.8. The lowest BCUT2D eigenvalue weighted by Gasteiger charge is -2.57. The Morgan fingerprint density at radius 2 is 0.779 bits per heavy atom. The van der Waals surface area contributed by atoms with Crippen molar-refractivity contribution in [3.05, 3.63) is 34.4 Å². The molecule has 0 bridgehead atoms. The predicted molar refractivity (Wildman–Crippen MR) is 332 cm³/mol. The number of rotatable bonds is 49. The fourth-order valence-electron chi connectivity index (χ4n) is 12.9. The van der Waals surface area contributed by atoms with Crippen LogP contribution in [-0.4, -0.2) is 68.3 Å². The van der Waals surface area contributed by atoms with Gasteiger partial charge in [-0.3, -0.25) is 0 Å². The van der Waals surface area contributed by atoms with Crippen LogP contribution < -0.4 is 0 Å². The third kappa shape index (κ3) is 25.8. The molecule has 0 saturated carbocycles. The lowest BCUT2D eigenvalue weighted by atomic mass is 9.56. The van der Waals surface area contributed by atoms with Crippen molar-refractivity contribution >= 4 is 8.60 Å². The largest absolute Gasteiger partial charge is 0.395 e. The number of benzene rings is 1. The Kier molecular flexibility index (Phi) is 39.1. The van der Waals surface area contributed by atoms with Crippen LogP contribution in [0.5, 0.6) is 0 Å². The molecule has 0 amide bonds. The minimum Gasteiger partial charge on any atom is -0.395 e. The van der Waals surface area contributed by atoms with Gasteiger partial charge in [-0.1, -0.05) is 314 Å². The zero-order valence-corrected chi connectivity index (χ0v) is 54.1. The van der Waals surface area contributed by atoms with Crippen LogP contribution in [0.15, 0.2) is 12.1 Å². The number of aliphatic hydroxyl groups excluding tert-OH is 4. The first kappa shape index (κ1) is 74.3. The topological polar surface area (TPSA) is 140 Å². The summed E-state index contributed by atoms with van der Waals surface area (Å²) in [4.78, 5) is 22.3. The van der Waals surface area contributed by atoms with E-state index in [1.807, 2.05) is 6.92 Å². The molecule has 4 atom stereocenters. The minimum absolute atomic E-state index is 0.201. The van der Waals surface area contributed by atoms with Gasteiger partial charge in [-0.05, 0) is 64.2 Å². The van der Waals surface area contributed by atoms with Gasteiger partial charge in [-0.2, -0.15) is 0 Å².